The van der Waals surface area contributed by atoms with Crippen LogP contribution >= 0.6 is 0 Å². The fourth-order valence-electron chi connectivity index (χ4n) is 1.32. The highest BCUT2D eigenvalue weighted by molar-refractivity contribution is 6.02. The number of hydrogen-bond donors (Lipinski definition) is 1. The van der Waals surface area contributed by atoms with Crippen LogP contribution in [0.4, 0.5) is 14.5 Å². The van der Waals surface area contributed by atoms with Crippen LogP contribution in [-0.2, 0) is 11.3 Å². The van der Waals surface area contributed by atoms with Crippen molar-refractivity contribution in [2.24, 2.45) is 0 Å². The lowest BCUT2D eigenvalue weighted by atomic mass is 10.3. The smallest absolute Gasteiger partial charge is 0.277 e. The summed E-state index contributed by atoms with van der Waals surface area (Å²) in [6.07, 6.45) is 0. The van der Waals surface area contributed by atoms with Gasteiger partial charge >= 0.3 is 0 Å². The van der Waals surface area contributed by atoms with Gasteiger partial charge in [-0.25, -0.2) is 0 Å². The zero-order chi connectivity index (χ0) is 13.8. The molecule has 100 valence electrons. The molecule has 2 aromatic rings. The molecule has 0 radical (unpaired) electrons. The number of nitrogens with one attached hydrogen (secondary N) is 1. The van der Waals surface area contributed by atoms with Crippen LogP contribution in [-0.4, -0.2) is 23.2 Å². The highest BCUT2D eigenvalue weighted by Gasteiger charge is 2.15. The lowest BCUT2D eigenvalue weighted by molar-refractivity contribution is 0.101. The van der Waals surface area contributed by atoms with Gasteiger partial charge in [0.05, 0.1) is 5.69 Å². The van der Waals surface area contributed by atoms with Gasteiger partial charge in [-0.1, -0.05) is 5.16 Å². The Kier molecular flexibility index (Phi) is 3.81. The molecule has 0 bridgehead atoms. The van der Waals surface area contributed by atoms with Crippen molar-refractivity contribution in [3.8, 4) is 0 Å². The fourth-order valence-corrected chi connectivity index (χ4v) is 1.32. The Morgan fingerprint density at radius 2 is 2.26 bits per heavy atom. The molecule has 6 nitrogen and oxygen atoms in total. The molecule has 0 saturated heterocycles. The number of rotatable bonds is 4. The maximum absolute atomic E-state index is 13.2. The lowest BCUT2D eigenvalue weighted by Crippen LogP contribution is -2.14. The van der Waals surface area contributed by atoms with E-state index in [0.717, 1.165) is 12.1 Å². The Bertz CT molecular complexity index is 601. The summed E-state index contributed by atoms with van der Waals surface area (Å²) in [5.41, 5.74) is -0.293. The summed E-state index contributed by atoms with van der Waals surface area (Å²) in [4.78, 5) is 14.6. The minimum absolute atomic E-state index is 0.0456. The number of anilines is 1. The zero-order valence-electron chi connectivity index (χ0n) is 9.81. The summed E-state index contributed by atoms with van der Waals surface area (Å²) in [6.45, 7) is 0.159. The van der Waals surface area contributed by atoms with Gasteiger partial charge in [0.2, 0.25) is 11.9 Å². The van der Waals surface area contributed by atoms with Gasteiger partial charge in [-0.2, -0.15) is 13.8 Å². The second kappa shape index (κ2) is 5.53. The second-order valence-corrected chi connectivity index (χ2v) is 3.54. The van der Waals surface area contributed by atoms with E-state index < -0.39 is 17.8 Å². The summed E-state index contributed by atoms with van der Waals surface area (Å²) >= 11 is 0. The van der Waals surface area contributed by atoms with Crippen LogP contribution in [0.15, 0.2) is 22.7 Å². The maximum Gasteiger partial charge on any atom is 0.277 e. The van der Waals surface area contributed by atoms with Crippen molar-refractivity contribution in [3.63, 3.8) is 0 Å². The van der Waals surface area contributed by atoms with Crippen molar-refractivity contribution >= 4 is 11.6 Å². The van der Waals surface area contributed by atoms with Crippen LogP contribution in [0.2, 0.25) is 0 Å². The molecule has 0 spiro atoms. The normalized spacial score (nSPS) is 10.5. The average molecular weight is 269 g/mol. The first kappa shape index (κ1) is 13.1. The quantitative estimate of drug-likeness (QED) is 0.855. The van der Waals surface area contributed by atoms with Crippen LogP contribution in [0, 0.1) is 11.9 Å². The largest absolute Gasteiger partial charge is 0.377 e. The highest BCUT2D eigenvalue weighted by atomic mass is 19.1. The van der Waals surface area contributed by atoms with Gasteiger partial charge in [0.1, 0.15) is 6.61 Å². The van der Waals surface area contributed by atoms with E-state index in [1.54, 1.807) is 0 Å². The van der Waals surface area contributed by atoms with Crippen molar-refractivity contribution in [1.82, 2.24) is 10.1 Å². The number of carbonyl (C=O) groups is 1. The van der Waals surface area contributed by atoms with Crippen LogP contribution in [0.5, 0.6) is 0 Å². The predicted octanol–water partition coefficient (Wildman–Crippen LogP) is 1.75. The van der Waals surface area contributed by atoms with Crippen LogP contribution in [0.3, 0.4) is 0 Å². The third-order valence-electron chi connectivity index (χ3n) is 2.14. The number of carbonyl (C=O) groups excluding carboxylic acids is 1. The van der Waals surface area contributed by atoms with Gasteiger partial charge in [0, 0.05) is 13.2 Å². The fraction of sp³-hybridized carbons (Fsp3) is 0.182. The Balaban J connectivity index is 2.11. The van der Waals surface area contributed by atoms with E-state index >= 15 is 0 Å². The van der Waals surface area contributed by atoms with Crippen LogP contribution in [0.25, 0.3) is 0 Å². The molecule has 2 aromatic heterocycles. The number of amides is 1. The van der Waals surface area contributed by atoms with E-state index in [1.165, 1.54) is 13.2 Å². The number of halogens is 2. The van der Waals surface area contributed by atoms with E-state index in [1.807, 2.05) is 0 Å². The molecule has 0 saturated carbocycles. The average Bonchev–Trinajstić information content (AvgIpc) is 2.82. The molecule has 0 atom stereocenters. The zero-order valence-corrected chi connectivity index (χ0v) is 9.81. The predicted molar refractivity (Wildman–Crippen MR) is 59.3 cm³/mol. The molecular formula is C11H9F2N3O3. The Labute approximate surface area is 106 Å². The number of ether oxygens (including phenoxy) is 1. The van der Waals surface area contributed by atoms with Gasteiger partial charge in [-0.05, 0) is 12.1 Å². The van der Waals surface area contributed by atoms with Gasteiger partial charge in [0.25, 0.3) is 5.91 Å². The second-order valence-electron chi connectivity index (χ2n) is 3.54. The summed E-state index contributed by atoms with van der Waals surface area (Å²) < 4.78 is 35.4. The minimum atomic E-state index is -1.12. The number of methoxy groups -OCH3 is 1. The van der Waals surface area contributed by atoms with Gasteiger partial charge in [-0.3, -0.25) is 4.79 Å². The lowest BCUT2D eigenvalue weighted by Gasteiger charge is -2.02. The standard InChI is InChI=1S/C11H9F2N3O3/c1-18-5-6-4-8(16-19-6)11(17)14-7-2-3-9(12)15-10(7)13/h2-4H,5H2,1H3,(H,14,17). The molecule has 1 amide bonds. The number of hydrogen-bond acceptors (Lipinski definition) is 5. The van der Waals surface area contributed by atoms with Gasteiger partial charge in [-0.15, -0.1) is 0 Å². The monoisotopic (exact) mass is 269 g/mol. The van der Waals surface area contributed by atoms with Crippen molar-refractivity contribution in [2.75, 3.05) is 12.4 Å². The molecule has 1 N–H and O–H groups in total. The molecule has 2 heterocycles. The Hall–Kier alpha value is -2.35. The van der Waals surface area contributed by atoms with Crippen LogP contribution in [0.1, 0.15) is 16.2 Å². The van der Waals surface area contributed by atoms with Crippen molar-refractivity contribution in [2.45, 2.75) is 6.61 Å². The molecule has 2 rings (SSSR count). The molecule has 8 heteroatoms. The maximum atomic E-state index is 13.2. The molecular weight excluding hydrogens is 260 g/mol. The topological polar surface area (TPSA) is 77.2 Å². The molecule has 0 aliphatic carbocycles. The third-order valence-corrected chi connectivity index (χ3v) is 2.14. The van der Waals surface area contributed by atoms with Gasteiger partial charge < -0.3 is 14.6 Å². The van der Waals surface area contributed by atoms with E-state index in [4.69, 9.17) is 9.26 Å². The van der Waals surface area contributed by atoms with Crippen molar-refractivity contribution in [3.05, 3.63) is 41.5 Å². The first-order valence-corrected chi connectivity index (χ1v) is 5.18. The number of pyridine rings is 1. The Morgan fingerprint density at radius 3 is 2.95 bits per heavy atom. The molecule has 0 aliphatic heterocycles. The molecule has 0 fully saturated rings. The highest BCUT2D eigenvalue weighted by Crippen LogP contribution is 2.13. The summed E-state index contributed by atoms with van der Waals surface area (Å²) in [6, 6.07) is 3.34. The third kappa shape index (κ3) is 3.10. The molecule has 0 unspecified atom stereocenters. The molecule has 19 heavy (non-hydrogen) atoms. The molecule has 0 aromatic carbocycles. The van der Waals surface area contributed by atoms with Crippen LogP contribution < -0.4 is 5.32 Å². The van der Waals surface area contributed by atoms with Crippen molar-refractivity contribution in [1.29, 1.82) is 0 Å². The first-order chi connectivity index (χ1) is 9.10. The van der Waals surface area contributed by atoms with E-state index in [2.05, 4.69) is 15.5 Å². The number of aromatic nitrogens is 2. The van der Waals surface area contributed by atoms with Gasteiger partial charge in [0.15, 0.2) is 11.5 Å². The minimum Gasteiger partial charge on any atom is -0.377 e. The SMILES string of the molecule is COCc1cc(C(=O)Nc2ccc(F)nc2F)no1. The first-order valence-electron chi connectivity index (χ1n) is 5.18. The number of nitrogens with zero attached hydrogens (tertiary/aromatic N) is 2. The van der Waals surface area contributed by atoms with E-state index in [0.29, 0.717) is 5.76 Å². The summed E-state index contributed by atoms with van der Waals surface area (Å²) in [7, 11) is 1.46. The molecule has 0 aliphatic rings. The summed E-state index contributed by atoms with van der Waals surface area (Å²) in [5, 5.41) is 5.70. The summed E-state index contributed by atoms with van der Waals surface area (Å²) in [5.74, 6) is -2.43. The van der Waals surface area contributed by atoms with Crippen molar-refractivity contribution < 1.29 is 22.8 Å². The Morgan fingerprint density at radius 1 is 1.47 bits per heavy atom. The van der Waals surface area contributed by atoms with E-state index in [-0.39, 0.29) is 18.0 Å². The van der Waals surface area contributed by atoms with E-state index in [9.17, 15) is 13.6 Å².